The normalized spacial score (nSPS) is 45.7. The standard InChI is InChI=1S/C9H17NO3/c11-8-3-1-2-6(8)10-7-4-13-5-9(7)12/h6-12H,1-5H2/t6-,7?,8-,9?/m1/s1. The lowest BCUT2D eigenvalue weighted by Crippen LogP contribution is -2.47. The predicted molar refractivity (Wildman–Crippen MR) is 47.4 cm³/mol. The van der Waals surface area contributed by atoms with E-state index in [1.54, 1.807) is 0 Å². The maximum atomic E-state index is 9.55. The molecule has 0 amide bonds. The zero-order chi connectivity index (χ0) is 9.26. The molecule has 1 aliphatic heterocycles. The SMILES string of the molecule is OC1COCC1N[C@@H]1CCC[C@H]1O. The topological polar surface area (TPSA) is 61.7 Å². The van der Waals surface area contributed by atoms with Crippen molar-refractivity contribution in [1.82, 2.24) is 5.32 Å². The number of rotatable bonds is 2. The number of aliphatic hydroxyl groups excluding tert-OH is 2. The Morgan fingerprint density at radius 2 is 1.85 bits per heavy atom. The molecule has 2 aliphatic rings. The number of aliphatic hydroxyl groups is 2. The summed E-state index contributed by atoms with van der Waals surface area (Å²) in [5.41, 5.74) is 0. The Kier molecular flexibility index (Phi) is 2.83. The summed E-state index contributed by atoms with van der Waals surface area (Å²) in [6, 6.07) is 0.166. The third-order valence-electron chi connectivity index (χ3n) is 2.96. The van der Waals surface area contributed by atoms with Gasteiger partial charge in [-0.3, -0.25) is 0 Å². The molecule has 0 radical (unpaired) electrons. The first-order valence-corrected chi connectivity index (χ1v) is 4.97. The van der Waals surface area contributed by atoms with Crippen LogP contribution in [-0.4, -0.2) is 47.7 Å². The second-order valence-corrected chi connectivity index (χ2v) is 3.98. The Hall–Kier alpha value is -0.160. The van der Waals surface area contributed by atoms with Crippen molar-refractivity contribution in [3.8, 4) is 0 Å². The molecule has 2 unspecified atom stereocenters. The molecule has 0 bridgehead atoms. The van der Waals surface area contributed by atoms with Gasteiger partial charge in [-0.2, -0.15) is 0 Å². The van der Waals surface area contributed by atoms with Gasteiger partial charge in [-0.15, -0.1) is 0 Å². The van der Waals surface area contributed by atoms with Crippen LogP contribution in [-0.2, 0) is 4.74 Å². The summed E-state index contributed by atoms with van der Waals surface area (Å²) in [5, 5.41) is 22.3. The monoisotopic (exact) mass is 187 g/mol. The van der Waals surface area contributed by atoms with E-state index in [9.17, 15) is 10.2 Å². The highest BCUT2D eigenvalue weighted by Crippen LogP contribution is 2.20. The highest BCUT2D eigenvalue weighted by atomic mass is 16.5. The van der Waals surface area contributed by atoms with Gasteiger partial charge < -0.3 is 20.3 Å². The molecule has 0 aromatic carbocycles. The van der Waals surface area contributed by atoms with Crippen LogP contribution < -0.4 is 5.32 Å². The van der Waals surface area contributed by atoms with Gasteiger partial charge in [0, 0.05) is 6.04 Å². The smallest absolute Gasteiger partial charge is 0.0948 e. The van der Waals surface area contributed by atoms with E-state index in [1.807, 2.05) is 0 Å². The zero-order valence-corrected chi connectivity index (χ0v) is 7.65. The summed E-state index contributed by atoms with van der Waals surface area (Å²) >= 11 is 0. The molecule has 1 saturated heterocycles. The third-order valence-corrected chi connectivity index (χ3v) is 2.96. The first-order valence-electron chi connectivity index (χ1n) is 4.97. The molecular weight excluding hydrogens is 170 g/mol. The van der Waals surface area contributed by atoms with Gasteiger partial charge in [0.15, 0.2) is 0 Å². The van der Waals surface area contributed by atoms with E-state index in [1.165, 1.54) is 0 Å². The van der Waals surface area contributed by atoms with Crippen LogP contribution in [0.2, 0.25) is 0 Å². The van der Waals surface area contributed by atoms with Crippen molar-refractivity contribution < 1.29 is 14.9 Å². The van der Waals surface area contributed by atoms with E-state index < -0.39 is 6.10 Å². The largest absolute Gasteiger partial charge is 0.392 e. The van der Waals surface area contributed by atoms with E-state index >= 15 is 0 Å². The van der Waals surface area contributed by atoms with Crippen molar-refractivity contribution in [2.75, 3.05) is 13.2 Å². The molecule has 76 valence electrons. The number of nitrogens with one attached hydrogen (secondary N) is 1. The van der Waals surface area contributed by atoms with Crippen molar-refractivity contribution in [3.05, 3.63) is 0 Å². The second-order valence-electron chi connectivity index (χ2n) is 3.98. The quantitative estimate of drug-likeness (QED) is 0.532. The Morgan fingerprint density at radius 3 is 2.38 bits per heavy atom. The molecule has 4 nitrogen and oxygen atoms in total. The second kappa shape index (κ2) is 3.92. The Labute approximate surface area is 77.9 Å². The Balaban J connectivity index is 1.82. The summed E-state index contributed by atoms with van der Waals surface area (Å²) in [6.45, 7) is 0.977. The lowest BCUT2D eigenvalue weighted by Gasteiger charge is -2.22. The van der Waals surface area contributed by atoms with Crippen LogP contribution in [0.15, 0.2) is 0 Å². The van der Waals surface area contributed by atoms with Crippen LogP contribution in [0, 0.1) is 0 Å². The van der Waals surface area contributed by atoms with E-state index in [0.29, 0.717) is 13.2 Å². The maximum Gasteiger partial charge on any atom is 0.0948 e. The first kappa shape index (κ1) is 9.40. The van der Waals surface area contributed by atoms with Crippen LogP contribution in [0.1, 0.15) is 19.3 Å². The predicted octanol–water partition coefficient (Wildman–Crippen LogP) is -0.751. The molecule has 1 heterocycles. The van der Waals surface area contributed by atoms with Gasteiger partial charge in [0.2, 0.25) is 0 Å². The highest BCUT2D eigenvalue weighted by molar-refractivity contribution is 4.89. The molecule has 3 N–H and O–H groups in total. The summed E-state index contributed by atoms with van der Waals surface area (Å²) in [6.07, 6.45) is 2.30. The molecule has 1 saturated carbocycles. The number of hydrogen-bond acceptors (Lipinski definition) is 4. The van der Waals surface area contributed by atoms with Gasteiger partial charge >= 0.3 is 0 Å². The highest BCUT2D eigenvalue weighted by Gasteiger charge is 2.32. The van der Waals surface area contributed by atoms with Crippen molar-refractivity contribution in [3.63, 3.8) is 0 Å². The average Bonchev–Trinajstić information content (AvgIpc) is 2.65. The van der Waals surface area contributed by atoms with E-state index in [2.05, 4.69) is 5.32 Å². The van der Waals surface area contributed by atoms with Crippen molar-refractivity contribution in [1.29, 1.82) is 0 Å². The van der Waals surface area contributed by atoms with Crippen molar-refractivity contribution in [2.24, 2.45) is 0 Å². The Bertz CT molecular complexity index is 158. The molecule has 0 aromatic heterocycles. The van der Waals surface area contributed by atoms with E-state index in [-0.39, 0.29) is 18.2 Å². The average molecular weight is 187 g/mol. The minimum Gasteiger partial charge on any atom is -0.392 e. The lowest BCUT2D eigenvalue weighted by molar-refractivity contribution is 0.109. The summed E-state index contributed by atoms with van der Waals surface area (Å²) in [4.78, 5) is 0. The number of ether oxygens (including phenoxy) is 1. The maximum absolute atomic E-state index is 9.55. The van der Waals surface area contributed by atoms with Gasteiger partial charge in [-0.05, 0) is 19.3 Å². The van der Waals surface area contributed by atoms with E-state index in [0.717, 1.165) is 19.3 Å². The van der Waals surface area contributed by atoms with Gasteiger partial charge in [0.25, 0.3) is 0 Å². The molecule has 0 aromatic rings. The number of hydrogen-bond donors (Lipinski definition) is 3. The van der Waals surface area contributed by atoms with Gasteiger partial charge in [0.1, 0.15) is 0 Å². The molecular formula is C9H17NO3. The minimum atomic E-state index is -0.409. The van der Waals surface area contributed by atoms with Gasteiger partial charge in [-0.1, -0.05) is 0 Å². The van der Waals surface area contributed by atoms with E-state index in [4.69, 9.17) is 4.74 Å². The summed E-state index contributed by atoms with van der Waals surface area (Å²) in [5.74, 6) is 0. The fourth-order valence-corrected chi connectivity index (χ4v) is 2.11. The molecule has 0 spiro atoms. The van der Waals surface area contributed by atoms with Crippen LogP contribution in [0.4, 0.5) is 0 Å². The van der Waals surface area contributed by atoms with Crippen LogP contribution in [0.3, 0.4) is 0 Å². The third kappa shape index (κ3) is 2.02. The lowest BCUT2D eigenvalue weighted by atomic mass is 10.1. The fourth-order valence-electron chi connectivity index (χ4n) is 2.11. The molecule has 4 atom stereocenters. The molecule has 4 heteroatoms. The Morgan fingerprint density at radius 1 is 1.00 bits per heavy atom. The summed E-state index contributed by atoms with van der Waals surface area (Å²) in [7, 11) is 0. The van der Waals surface area contributed by atoms with Crippen molar-refractivity contribution in [2.45, 2.75) is 43.6 Å². The van der Waals surface area contributed by atoms with Crippen LogP contribution in [0.25, 0.3) is 0 Å². The van der Waals surface area contributed by atoms with Crippen LogP contribution in [0.5, 0.6) is 0 Å². The van der Waals surface area contributed by atoms with Gasteiger partial charge in [0.05, 0.1) is 31.5 Å². The minimum absolute atomic E-state index is 0.0118. The summed E-state index contributed by atoms with van der Waals surface area (Å²) < 4.78 is 5.12. The molecule has 2 rings (SSSR count). The molecule has 2 fully saturated rings. The zero-order valence-electron chi connectivity index (χ0n) is 7.65. The first-order chi connectivity index (χ1) is 6.27. The van der Waals surface area contributed by atoms with Crippen molar-refractivity contribution >= 4 is 0 Å². The fraction of sp³-hybridized carbons (Fsp3) is 1.00. The molecule has 1 aliphatic carbocycles. The molecule has 13 heavy (non-hydrogen) atoms. The van der Waals surface area contributed by atoms with Gasteiger partial charge in [-0.25, -0.2) is 0 Å². The van der Waals surface area contributed by atoms with Crippen LogP contribution >= 0.6 is 0 Å².